The van der Waals surface area contributed by atoms with Gasteiger partial charge in [-0.05, 0) is 47.0 Å². The maximum Gasteiger partial charge on any atom is 0.291 e. The van der Waals surface area contributed by atoms with Crippen LogP contribution in [0.4, 0.5) is 5.69 Å². The Morgan fingerprint density at radius 1 is 0.929 bits per heavy atom. The molecule has 5 heteroatoms. The Labute approximate surface area is 161 Å². The van der Waals surface area contributed by atoms with Gasteiger partial charge in [0.15, 0.2) is 5.76 Å². The molecule has 0 saturated carbocycles. The quantitative estimate of drug-likeness (QED) is 0.555. The van der Waals surface area contributed by atoms with Crippen LogP contribution in [0, 0.1) is 0 Å². The molecule has 5 rings (SSSR count). The van der Waals surface area contributed by atoms with Gasteiger partial charge < -0.3 is 15.1 Å². The van der Waals surface area contributed by atoms with Gasteiger partial charge >= 0.3 is 0 Å². The molecule has 4 aromatic rings. The molecular weight excluding hydrogens is 352 g/mol. The fourth-order valence-electron chi connectivity index (χ4n) is 3.54. The molecule has 1 aromatic heterocycles. The summed E-state index contributed by atoms with van der Waals surface area (Å²) in [7, 11) is 0. The summed E-state index contributed by atoms with van der Waals surface area (Å²) in [5.41, 5.74) is 5.10. The predicted molar refractivity (Wildman–Crippen MR) is 107 cm³/mol. The SMILES string of the molecule is O=C(Nc1ccc(-c2cccc3c2CNC3=O)cc1)c1cc2ccccc2o1. The highest BCUT2D eigenvalue weighted by Gasteiger charge is 2.21. The van der Waals surface area contributed by atoms with E-state index in [0.717, 1.165) is 27.6 Å². The van der Waals surface area contributed by atoms with E-state index in [2.05, 4.69) is 10.6 Å². The fraction of sp³-hybridized carbons (Fsp3) is 0.0435. The van der Waals surface area contributed by atoms with Crippen molar-refractivity contribution in [1.82, 2.24) is 5.32 Å². The molecule has 136 valence electrons. The highest BCUT2D eigenvalue weighted by atomic mass is 16.3. The van der Waals surface area contributed by atoms with E-state index < -0.39 is 0 Å². The zero-order chi connectivity index (χ0) is 19.1. The maximum atomic E-state index is 12.5. The molecule has 2 N–H and O–H groups in total. The van der Waals surface area contributed by atoms with Gasteiger partial charge in [-0.3, -0.25) is 9.59 Å². The first-order valence-electron chi connectivity index (χ1n) is 8.99. The van der Waals surface area contributed by atoms with Crippen LogP contribution in [0.2, 0.25) is 0 Å². The van der Waals surface area contributed by atoms with Crippen molar-refractivity contribution in [3.8, 4) is 11.1 Å². The first-order chi connectivity index (χ1) is 13.7. The van der Waals surface area contributed by atoms with E-state index in [1.54, 1.807) is 6.07 Å². The highest BCUT2D eigenvalue weighted by Crippen LogP contribution is 2.30. The average Bonchev–Trinajstić information content (AvgIpc) is 3.33. The van der Waals surface area contributed by atoms with Crippen molar-refractivity contribution in [1.29, 1.82) is 0 Å². The highest BCUT2D eigenvalue weighted by molar-refractivity contribution is 6.05. The minimum Gasteiger partial charge on any atom is -0.451 e. The third kappa shape index (κ3) is 2.74. The predicted octanol–water partition coefficient (Wildman–Crippen LogP) is 4.60. The normalized spacial score (nSPS) is 12.6. The zero-order valence-electron chi connectivity index (χ0n) is 14.9. The van der Waals surface area contributed by atoms with E-state index in [1.807, 2.05) is 66.7 Å². The van der Waals surface area contributed by atoms with Crippen LogP contribution in [0.3, 0.4) is 0 Å². The van der Waals surface area contributed by atoms with Crippen LogP contribution in [-0.4, -0.2) is 11.8 Å². The molecule has 1 aliphatic rings. The first-order valence-corrected chi connectivity index (χ1v) is 8.99. The summed E-state index contributed by atoms with van der Waals surface area (Å²) >= 11 is 0. The summed E-state index contributed by atoms with van der Waals surface area (Å²) < 4.78 is 5.60. The van der Waals surface area contributed by atoms with Crippen molar-refractivity contribution >= 4 is 28.5 Å². The fourth-order valence-corrected chi connectivity index (χ4v) is 3.54. The summed E-state index contributed by atoms with van der Waals surface area (Å²) in [4.78, 5) is 24.3. The number of fused-ring (bicyclic) bond motifs is 2. The molecule has 1 aliphatic heterocycles. The molecule has 0 bridgehead atoms. The van der Waals surface area contributed by atoms with Crippen LogP contribution >= 0.6 is 0 Å². The number of anilines is 1. The Hall–Kier alpha value is -3.86. The van der Waals surface area contributed by atoms with Gasteiger partial charge in [-0.25, -0.2) is 0 Å². The molecule has 0 unspecified atom stereocenters. The minimum absolute atomic E-state index is 0.0356. The zero-order valence-corrected chi connectivity index (χ0v) is 14.9. The topological polar surface area (TPSA) is 71.3 Å². The Bertz CT molecular complexity index is 1190. The van der Waals surface area contributed by atoms with E-state index in [4.69, 9.17) is 4.42 Å². The molecular formula is C23H16N2O3. The molecule has 5 nitrogen and oxygen atoms in total. The molecule has 0 atom stereocenters. The Kier molecular flexibility index (Phi) is 3.72. The van der Waals surface area contributed by atoms with E-state index in [0.29, 0.717) is 17.8 Å². The number of amides is 2. The summed E-state index contributed by atoms with van der Waals surface area (Å²) in [6, 6.07) is 22.5. The van der Waals surface area contributed by atoms with Crippen LogP contribution in [0.1, 0.15) is 26.5 Å². The van der Waals surface area contributed by atoms with E-state index in [-0.39, 0.29) is 17.6 Å². The van der Waals surface area contributed by atoms with Crippen molar-refractivity contribution in [3.63, 3.8) is 0 Å². The Balaban J connectivity index is 1.38. The van der Waals surface area contributed by atoms with Crippen LogP contribution in [-0.2, 0) is 6.54 Å². The lowest BCUT2D eigenvalue weighted by atomic mass is 9.97. The van der Waals surface area contributed by atoms with Gasteiger partial charge in [-0.2, -0.15) is 0 Å². The van der Waals surface area contributed by atoms with Gasteiger partial charge in [0.25, 0.3) is 11.8 Å². The van der Waals surface area contributed by atoms with Crippen molar-refractivity contribution in [2.75, 3.05) is 5.32 Å². The van der Waals surface area contributed by atoms with Gasteiger partial charge in [-0.15, -0.1) is 0 Å². The number of para-hydroxylation sites is 1. The van der Waals surface area contributed by atoms with Crippen molar-refractivity contribution in [2.45, 2.75) is 6.54 Å². The molecule has 0 radical (unpaired) electrons. The standard InChI is InChI=1S/C23H16N2O3/c26-22-18-6-3-5-17(19(18)13-24-22)14-8-10-16(11-9-14)25-23(27)21-12-15-4-1-2-7-20(15)28-21/h1-12H,13H2,(H,24,26)(H,25,27). The molecule has 2 heterocycles. The van der Waals surface area contributed by atoms with Crippen LogP contribution in [0.25, 0.3) is 22.1 Å². The third-order valence-corrected chi connectivity index (χ3v) is 4.95. The van der Waals surface area contributed by atoms with E-state index in [1.165, 1.54) is 0 Å². The second kappa shape index (κ2) is 6.39. The monoisotopic (exact) mass is 368 g/mol. The first kappa shape index (κ1) is 16.3. The smallest absolute Gasteiger partial charge is 0.291 e. The van der Waals surface area contributed by atoms with Crippen molar-refractivity contribution < 1.29 is 14.0 Å². The maximum absolute atomic E-state index is 12.5. The van der Waals surface area contributed by atoms with Gasteiger partial charge in [-0.1, -0.05) is 42.5 Å². The van der Waals surface area contributed by atoms with Gasteiger partial charge in [0.05, 0.1) is 0 Å². The molecule has 2 amide bonds. The van der Waals surface area contributed by atoms with E-state index >= 15 is 0 Å². The largest absolute Gasteiger partial charge is 0.451 e. The van der Waals surface area contributed by atoms with Crippen molar-refractivity contribution in [3.05, 3.63) is 89.7 Å². The van der Waals surface area contributed by atoms with Crippen LogP contribution < -0.4 is 10.6 Å². The number of hydrogen-bond donors (Lipinski definition) is 2. The molecule has 0 fully saturated rings. The lowest BCUT2D eigenvalue weighted by Crippen LogP contribution is -2.12. The molecule has 3 aromatic carbocycles. The Morgan fingerprint density at radius 2 is 1.71 bits per heavy atom. The van der Waals surface area contributed by atoms with Crippen LogP contribution in [0.15, 0.2) is 77.2 Å². The van der Waals surface area contributed by atoms with Crippen molar-refractivity contribution in [2.24, 2.45) is 0 Å². The van der Waals surface area contributed by atoms with Gasteiger partial charge in [0.2, 0.25) is 0 Å². The second-order valence-corrected chi connectivity index (χ2v) is 6.69. The summed E-state index contributed by atoms with van der Waals surface area (Å²) in [6.45, 7) is 0.537. The second-order valence-electron chi connectivity index (χ2n) is 6.69. The molecule has 0 aliphatic carbocycles. The summed E-state index contributed by atoms with van der Waals surface area (Å²) in [5, 5.41) is 6.61. The lowest BCUT2D eigenvalue weighted by Gasteiger charge is -2.09. The Morgan fingerprint density at radius 3 is 2.54 bits per heavy atom. The minimum atomic E-state index is -0.292. The number of hydrogen-bond acceptors (Lipinski definition) is 3. The summed E-state index contributed by atoms with van der Waals surface area (Å²) in [5.74, 6) is -0.0540. The summed E-state index contributed by atoms with van der Waals surface area (Å²) in [6.07, 6.45) is 0. The number of carbonyl (C=O) groups excluding carboxylic acids is 2. The molecule has 28 heavy (non-hydrogen) atoms. The molecule has 0 spiro atoms. The number of furan rings is 1. The number of rotatable bonds is 3. The lowest BCUT2D eigenvalue weighted by molar-refractivity contribution is 0.0964. The average molecular weight is 368 g/mol. The van der Waals surface area contributed by atoms with Crippen LogP contribution in [0.5, 0.6) is 0 Å². The van der Waals surface area contributed by atoms with Gasteiger partial charge in [0, 0.05) is 23.2 Å². The third-order valence-electron chi connectivity index (χ3n) is 4.95. The molecule has 0 saturated heterocycles. The number of carbonyl (C=O) groups is 2. The van der Waals surface area contributed by atoms with Gasteiger partial charge in [0.1, 0.15) is 5.58 Å². The van der Waals surface area contributed by atoms with E-state index in [9.17, 15) is 9.59 Å². The number of nitrogens with one attached hydrogen (secondary N) is 2. The number of benzene rings is 3.